The van der Waals surface area contributed by atoms with Crippen LogP contribution in [0.1, 0.15) is 30.4 Å². The predicted molar refractivity (Wildman–Crippen MR) is 121 cm³/mol. The molecule has 2 saturated heterocycles. The van der Waals surface area contributed by atoms with Gasteiger partial charge < -0.3 is 39.7 Å². The number of ether oxygens (including phenoxy) is 3. The number of hydrogen-bond acceptors (Lipinski definition) is 10. The van der Waals surface area contributed by atoms with Crippen LogP contribution in [-0.2, 0) is 26.2 Å². The van der Waals surface area contributed by atoms with E-state index in [0.717, 1.165) is 5.56 Å². The van der Waals surface area contributed by atoms with E-state index in [9.17, 15) is 35.1 Å². The summed E-state index contributed by atoms with van der Waals surface area (Å²) in [6, 6.07) is 3.19. The number of piperidine rings is 1. The van der Waals surface area contributed by atoms with Gasteiger partial charge in [-0.2, -0.15) is 0 Å². The van der Waals surface area contributed by atoms with Gasteiger partial charge in [0.2, 0.25) is 6.29 Å². The molecule has 1 aromatic carbocycles. The normalized spacial score (nSPS) is 42.9. The molecule has 0 amide bonds. The summed E-state index contributed by atoms with van der Waals surface area (Å²) in [7, 11) is 0. The molecule has 3 fully saturated rings. The highest BCUT2D eigenvalue weighted by atomic mass is 16.7. The molecule has 2 aliphatic carbocycles. The Morgan fingerprint density at radius 1 is 1.22 bits per heavy atom. The van der Waals surface area contributed by atoms with Crippen molar-refractivity contribution in [2.45, 2.75) is 79.6 Å². The second kappa shape index (κ2) is 7.98. The van der Waals surface area contributed by atoms with Crippen LogP contribution >= 0.6 is 0 Å². The first-order chi connectivity index (χ1) is 17.1. The molecule has 1 unspecified atom stereocenters. The number of Topliss-reactive ketones (excluding diaryl/α,β-unsaturated/α-hetero) is 1. The molecule has 2 bridgehead atoms. The summed E-state index contributed by atoms with van der Waals surface area (Å²) in [5, 5.41) is 52.1. The van der Waals surface area contributed by atoms with Crippen molar-refractivity contribution in [1.29, 1.82) is 0 Å². The van der Waals surface area contributed by atoms with E-state index in [2.05, 4.69) is 11.5 Å². The Balaban J connectivity index is 1.43. The molecule has 6 rings (SSSR count). The predicted octanol–water partition coefficient (Wildman–Crippen LogP) is -1.13. The molecule has 1 spiro atoms. The molecule has 5 N–H and O–H groups in total. The molecule has 194 valence electrons. The first kappa shape index (κ1) is 23.8. The average Bonchev–Trinajstić information content (AvgIpc) is 3.20. The zero-order valence-corrected chi connectivity index (χ0v) is 19.4. The number of ketones is 1. The van der Waals surface area contributed by atoms with E-state index in [1.165, 1.54) is 0 Å². The molecule has 9 atom stereocenters. The molecule has 11 heteroatoms. The number of likely N-dealkylation sites (tertiary alicyclic amines) is 1. The SMILES string of the molecule is C=CCN1CC[C@]23c4c5ccc(O[C@@H]6OC(C(=O)O)[C@@H](O)[C@H](O)[C@H]6O)c4O[C@@H]2C(=O)CC[C@@]3(O)[C@@H]1C5. The molecule has 0 radical (unpaired) electrons. The largest absolute Gasteiger partial charge is 0.479 e. The first-order valence-electron chi connectivity index (χ1n) is 12.2. The lowest BCUT2D eigenvalue weighted by Gasteiger charge is -2.62. The lowest BCUT2D eigenvalue weighted by molar-refractivity contribution is -0.271. The number of carboxylic acid groups (broad SMARTS) is 1. The van der Waals surface area contributed by atoms with E-state index >= 15 is 0 Å². The third kappa shape index (κ3) is 2.89. The fraction of sp³-hybridized carbons (Fsp3) is 0.600. The number of aliphatic hydroxyl groups excluding tert-OH is 3. The van der Waals surface area contributed by atoms with Crippen molar-refractivity contribution in [1.82, 2.24) is 4.90 Å². The number of carboxylic acids is 1. The zero-order valence-electron chi connectivity index (χ0n) is 19.4. The fourth-order valence-electron chi connectivity index (χ4n) is 7.15. The number of rotatable bonds is 5. The topological polar surface area (TPSA) is 166 Å². The smallest absolute Gasteiger partial charge is 0.335 e. The van der Waals surface area contributed by atoms with Crippen molar-refractivity contribution in [3.8, 4) is 11.5 Å². The fourth-order valence-corrected chi connectivity index (χ4v) is 7.15. The summed E-state index contributed by atoms with van der Waals surface area (Å²) in [6.07, 6.45) is -6.44. The number of benzene rings is 1. The molecule has 1 saturated carbocycles. The monoisotopic (exact) mass is 503 g/mol. The Bertz CT molecular complexity index is 1140. The maximum absolute atomic E-state index is 13.1. The minimum atomic E-state index is -1.85. The van der Waals surface area contributed by atoms with E-state index in [4.69, 9.17) is 14.2 Å². The lowest BCUT2D eigenvalue weighted by atomic mass is 9.49. The van der Waals surface area contributed by atoms with Gasteiger partial charge in [0.25, 0.3) is 0 Å². The summed E-state index contributed by atoms with van der Waals surface area (Å²) < 4.78 is 17.4. The van der Waals surface area contributed by atoms with Gasteiger partial charge >= 0.3 is 5.97 Å². The highest BCUT2D eigenvalue weighted by molar-refractivity contribution is 5.90. The van der Waals surface area contributed by atoms with Crippen molar-refractivity contribution in [3.05, 3.63) is 35.9 Å². The van der Waals surface area contributed by atoms with Crippen molar-refractivity contribution < 1.29 is 49.3 Å². The zero-order chi connectivity index (χ0) is 25.6. The van der Waals surface area contributed by atoms with Crippen molar-refractivity contribution in [2.75, 3.05) is 13.1 Å². The maximum atomic E-state index is 13.1. The minimum absolute atomic E-state index is 0.0939. The Kier molecular flexibility index (Phi) is 5.28. The Morgan fingerprint density at radius 2 is 2.00 bits per heavy atom. The Morgan fingerprint density at radius 3 is 2.72 bits per heavy atom. The van der Waals surface area contributed by atoms with E-state index in [0.29, 0.717) is 37.9 Å². The molecular formula is C25H29NO10. The van der Waals surface area contributed by atoms with Crippen molar-refractivity contribution in [2.24, 2.45) is 0 Å². The lowest BCUT2D eigenvalue weighted by Crippen LogP contribution is -2.76. The average molecular weight is 504 g/mol. The van der Waals surface area contributed by atoms with Gasteiger partial charge in [0.1, 0.15) is 18.3 Å². The number of nitrogens with zero attached hydrogens (tertiary/aromatic N) is 1. The molecule has 3 heterocycles. The number of hydrogen-bond donors (Lipinski definition) is 5. The highest BCUT2D eigenvalue weighted by Crippen LogP contribution is 2.65. The summed E-state index contributed by atoms with van der Waals surface area (Å²) in [4.78, 5) is 26.8. The summed E-state index contributed by atoms with van der Waals surface area (Å²) in [6.45, 7) is 5.10. The van der Waals surface area contributed by atoms with E-state index in [1.54, 1.807) is 12.1 Å². The number of carbonyl (C=O) groups is 2. The van der Waals surface area contributed by atoms with Crippen LogP contribution < -0.4 is 9.47 Å². The van der Waals surface area contributed by atoms with Crippen LogP contribution in [0.3, 0.4) is 0 Å². The van der Waals surface area contributed by atoms with Crippen molar-refractivity contribution >= 4 is 11.8 Å². The van der Waals surface area contributed by atoms with Crippen LogP contribution in [0, 0.1) is 0 Å². The highest BCUT2D eigenvalue weighted by Gasteiger charge is 2.73. The number of carbonyl (C=O) groups excluding carboxylic acids is 1. The quantitative estimate of drug-likeness (QED) is 0.309. The number of aliphatic carboxylic acids is 1. The van der Waals surface area contributed by atoms with Crippen LogP contribution in [-0.4, -0.2) is 104 Å². The third-order valence-electron chi connectivity index (χ3n) is 8.77. The third-order valence-corrected chi connectivity index (χ3v) is 8.77. The summed E-state index contributed by atoms with van der Waals surface area (Å²) in [5.41, 5.74) is -0.546. The van der Waals surface area contributed by atoms with Crippen molar-refractivity contribution in [3.63, 3.8) is 0 Å². The van der Waals surface area contributed by atoms with Gasteiger partial charge in [0.15, 0.2) is 29.5 Å². The van der Waals surface area contributed by atoms with Gasteiger partial charge in [-0.05, 0) is 30.9 Å². The van der Waals surface area contributed by atoms with Gasteiger partial charge in [-0.3, -0.25) is 9.69 Å². The van der Waals surface area contributed by atoms with Gasteiger partial charge in [-0.1, -0.05) is 12.1 Å². The van der Waals surface area contributed by atoms with Crippen LogP contribution in [0.25, 0.3) is 0 Å². The Labute approximate surface area is 206 Å². The second-order valence-electron chi connectivity index (χ2n) is 10.4. The van der Waals surface area contributed by atoms with Crippen LogP contribution in [0.2, 0.25) is 0 Å². The van der Waals surface area contributed by atoms with Crippen LogP contribution in [0.5, 0.6) is 11.5 Å². The van der Waals surface area contributed by atoms with E-state index < -0.39 is 53.8 Å². The van der Waals surface area contributed by atoms with Crippen LogP contribution in [0.15, 0.2) is 24.8 Å². The van der Waals surface area contributed by atoms with Gasteiger partial charge in [0.05, 0.1) is 11.0 Å². The molecule has 36 heavy (non-hydrogen) atoms. The Hall–Kier alpha value is -2.54. The van der Waals surface area contributed by atoms with E-state index in [1.807, 2.05) is 6.07 Å². The summed E-state index contributed by atoms with van der Waals surface area (Å²) in [5.74, 6) is -1.28. The molecule has 11 nitrogen and oxygen atoms in total. The molecule has 3 aliphatic heterocycles. The standard InChI is InChI=1S/C25H29NO10/c1-2-8-26-9-7-24-15-11-3-4-13(34-23-18(30)16(28)17(29)20(36-23)22(31)32)19(15)35-21(24)12(27)5-6-25(24,33)14(26)10-11/h2-4,14,16-18,20-21,23,28-30,33H,1,5-10H2,(H,31,32)/t14-,16-,17-,18+,20?,21+,23+,24-,25+/m0/s1. The first-order valence-corrected chi connectivity index (χ1v) is 12.2. The molecule has 0 aromatic heterocycles. The number of aliphatic hydroxyl groups is 4. The van der Waals surface area contributed by atoms with Crippen LogP contribution in [0.4, 0.5) is 0 Å². The summed E-state index contributed by atoms with van der Waals surface area (Å²) >= 11 is 0. The van der Waals surface area contributed by atoms with Gasteiger partial charge in [-0.15, -0.1) is 6.58 Å². The van der Waals surface area contributed by atoms with Gasteiger partial charge in [0, 0.05) is 31.1 Å². The van der Waals surface area contributed by atoms with Gasteiger partial charge in [-0.25, -0.2) is 4.79 Å². The van der Waals surface area contributed by atoms with E-state index in [-0.39, 0.29) is 29.7 Å². The molecule has 5 aliphatic rings. The maximum Gasteiger partial charge on any atom is 0.335 e. The molecular weight excluding hydrogens is 474 g/mol. The second-order valence-corrected chi connectivity index (χ2v) is 10.4. The molecule has 1 aromatic rings. The minimum Gasteiger partial charge on any atom is -0.479 e.